The molecule has 0 aliphatic rings. The lowest BCUT2D eigenvalue weighted by Crippen LogP contribution is -2.55. The Kier molecular flexibility index (Phi) is 27.3. The van der Waals surface area contributed by atoms with E-state index in [2.05, 4.69) is 95.8 Å². The maximum atomic E-state index is 13.9. The zero-order chi connectivity index (χ0) is 64.6. The van der Waals surface area contributed by atoms with E-state index in [0.717, 1.165) is 35.1 Å². The zero-order valence-corrected chi connectivity index (χ0v) is 54.2. The Hall–Kier alpha value is -7.94. The van der Waals surface area contributed by atoms with E-state index in [-0.39, 0.29) is 49.8 Å². The summed E-state index contributed by atoms with van der Waals surface area (Å²) in [5.41, 5.74) is 9.29. The van der Waals surface area contributed by atoms with Gasteiger partial charge in [-0.2, -0.15) is 0 Å². The summed E-state index contributed by atoms with van der Waals surface area (Å²) in [4.78, 5) is 79.1. The molecular weight excluding hydrogens is 1100 g/mol. The number of carbonyl (C=O) groups is 6. The molecule has 0 saturated carbocycles. The maximum absolute atomic E-state index is 13.9. The average molecular weight is 1200 g/mol. The van der Waals surface area contributed by atoms with Gasteiger partial charge in [-0.15, -0.1) is 0 Å². The monoisotopic (exact) mass is 1200 g/mol. The first-order valence-corrected chi connectivity index (χ1v) is 30.7. The summed E-state index contributed by atoms with van der Waals surface area (Å²) >= 11 is 0. The van der Waals surface area contributed by atoms with Crippen molar-refractivity contribution in [2.75, 3.05) is 27.4 Å². The molecular formula is C74H96N4O10. The Balaban J connectivity index is 0.000000322. The minimum atomic E-state index is -1.04. The van der Waals surface area contributed by atoms with E-state index in [1.54, 1.807) is 14.2 Å². The summed E-state index contributed by atoms with van der Waals surface area (Å²) in [6, 6.07) is 49.9. The Morgan fingerprint density at radius 2 is 0.807 bits per heavy atom. The van der Waals surface area contributed by atoms with Crippen LogP contribution >= 0.6 is 0 Å². The third kappa shape index (κ3) is 23.3. The first-order chi connectivity index (χ1) is 41.7. The molecule has 0 aliphatic heterocycles. The fourth-order valence-electron chi connectivity index (χ4n) is 10.7. The number of methoxy groups -OCH3 is 2. The first-order valence-electron chi connectivity index (χ1n) is 30.7. The second-order valence-electron chi connectivity index (χ2n) is 26.1. The number of rotatable bonds is 28. The van der Waals surface area contributed by atoms with Crippen LogP contribution in [-0.4, -0.2) is 85.8 Å². The van der Waals surface area contributed by atoms with Gasteiger partial charge in [0, 0.05) is 26.1 Å². The number of hydrogen-bond acceptors (Lipinski definition) is 9. The second-order valence-corrected chi connectivity index (χ2v) is 26.1. The first kappa shape index (κ1) is 70.8. The van der Waals surface area contributed by atoms with Crippen molar-refractivity contribution in [3.8, 4) is 22.3 Å². The van der Waals surface area contributed by atoms with Crippen molar-refractivity contribution in [3.63, 3.8) is 0 Å². The molecule has 6 rings (SSSR count). The molecule has 6 atom stereocenters. The van der Waals surface area contributed by atoms with E-state index in [1.165, 1.54) is 33.4 Å². The van der Waals surface area contributed by atoms with Crippen LogP contribution in [0, 0.1) is 36.5 Å². The molecule has 14 heteroatoms. The molecule has 0 heterocycles. The number of aliphatic carboxylic acids is 1. The van der Waals surface area contributed by atoms with Crippen molar-refractivity contribution in [3.05, 3.63) is 191 Å². The molecule has 2 unspecified atom stereocenters. The van der Waals surface area contributed by atoms with Crippen LogP contribution in [0.25, 0.3) is 22.3 Å². The van der Waals surface area contributed by atoms with Gasteiger partial charge in [-0.05, 0) is 140 Å². The molecule has 6 aromatic carbocycles. The molecule has 0 bridgehead atoms. The largest absolute Gasteiger partial charge is 0.481 e. The smallest absolute Gasteiger partial charge is 0.307 e. The number of hydrogen-bond donors (Lipinski definition) is 5. The normalized spacial score (nSPS) is 13.6. The summed E-state index contributed by atoms with van der Waals surface area (Å²) in [6.07, 6.45) is 3.32. The van der Waals surface area contributed by atoms with E-state index in [4.69, 9.17) is 14.2 Å². The van der Waals surface area contributed by atoms with Crippen LogP contribution < -0.4 is 21.3 Å². The van der Waals surface area contributed by atoms with Crippen LogP contribution in [0.5, 0.6) is 0 Å². The number of carboxylic acids is 1. The average Bonchev–Trinajstić information content (AvgIpc) is 3.68. The van der Waals surface area contributed by atoms with E-state index in [9.17, 15) is 33.9 Å². The number of amides is 4. The zero-order valence-electron chi connectivity index (χ0n) is 54.2. The van der Waals surface area contributed by atoms with Gasteiger partial charge in [0.25, 0.3) is 0 Å². The highest BCUT2D eigenvalue weighted by atomic mass is 16.6. The van der Waals surface area contributed by atoms with Crippen molar-refractivity contribution in [1.29, 1.82) is 0 Å². The molecule has 0 saturated heterocycles. The molecule has 88 heavy (non-hydrogen) atoms. The van der Waals surface area contributed by atoms with Crippen LogP contribution in [0.4, 0.5) is 0 Å². The third-order valence-electron chi connectivity index (χ3n) is 15.3. The van der Waals surface area contributed by atoms with Gasteiger partial charge in [-0.25, -0.2) is 0 Å². The molecule has 0 radical (unpaired) electrons. The standard InChI is InChI=1S/C39H52N2O5.C35H44N2O5/c1-27-24-28(22-23-32(27)29-17-11-9-12-18-29)16-15-21-31(25-34(42)46-39(5,6)7)36(43)41-35(38(2,3)4)37(44)40-33(26-45-8)30-19-13-10-14-20-30;1-24-21-25(19-20-29(24)26-14-8-6-9-15-26)13-12-18-28(22-31(38)39)33(40)37-32(35(2,3)4)34(41)36-30(23-42-5)27-16-10-7-11-17-27/h9-14,17-20,22-24,31,33,35H,15-16,21,25-26H2,1-8H3,(H,40,44)(H,41,43);6-11,14-17,19-21,28,30,32H,12-13,18,22-23H2,1-5H3,(H,36,41)(H,37,40)(H,38,39)/t31-,33?,35-;28-,30?,32-/m11/s1. The van der Waals surface area contributed by atoms with Crippen molar-refractivity contribution in [1.82, 2.24) is 21.3 Å². The topological polar surface area (TPSA) is 198 Å². The molecule has 0 spiro atoms. The fraction of sp³-hybridized carbons (Fsp3) is 0.432. The van der Waals surface area contributed by atoms with E-state index < -0.39 is 64.2 Å². The summed E-state index contributed by atoms with van der Waals surface area (Å²) in [5, 5.41) is 21.5. The van der Waals surface area contributed by atoms with Gasteiger partial charge in [-0.3, -0.25) is 28.8 Å². The molecule has 6 aromatic rings. The number of carboxylic acid groups (broad SMARTS) is 1. The van der Waals surface area contributed by atoms with Crippen molar-refractivity contribution in [2.45, 2.75) is 157 Å². The summed E-state index contributed by atoms with van der Waals surface area (Å²) in [6.45, 7) is 21.5. The Bertz CT molecular complexity index is 3170. The third-order valence-corrected chi connectivity index (χ3v) is 15.3. The van der Waals surface area contributed by atoms with Crippen LogP contribution in [-0.2, 0) is 55.8 Å². The predicted octanol–water partition coefficient (Wildman–Crippen LogP) is 13.5. The van der Waals surface area contributed by atoms with Crippen LogP contribution in [0.3, 0.4) is 0 Å². The SMILES string of the molecule is COCC(NC(=O)[C@@H](NC(=O)[C@H](CCCc1ccc(-c2ccccc2)c(C)c1)CC(=O)O)C(C)(C)C)c1ccccc1.COCC(NC(=O)[C@@H](NC(=O)[C@H](CCCc1ccc(-c2ccccc2)c(C)c1)CC(=O)OC(C)(C)C)C(C)(C)C)c1ccccc1. The molecule has 472 valence electrons. The highest BCUT2D eigenvalue weighted by molar-refractivity contribution is 5.92. The van der Waals surface area contributed by atoms with Gasteiger partial charge in [0.1, 0.15) is 17.7 Å². The van der Waals surface area contributed by atoms with Gasteiger partial charge in [0.05, 0.1) is 38.1 Å². The van der Waals surface area contributed by atoms with Crippen molar-refractivity contribution in [2.24, 2.45) is 22.7 Å². The van der Waals surface area contributed by atoms with Gasteiger partial charge in [0.2, 0.25) is 23.6 Å². The lowest BCUT2D eigenvalue weighted by Gasteiger charge is -2.33. The van der Waals surface area contributed by atoms with Gasteiger partial charge in [0.15, 0.2) is 0 Å². The fourth-order valence-corrected chi connectivity index (χ4v) is 10.7. The number of esters is 1. The number of aryl methyl sites for hydroxylation is 4. The number of benzene rings is 6. The summed E-state index contributed by atoms with van der Waals surface area (Å²) in [7, 11) is 3.16. The highest BCUT2D eigenvalue weighted by Gasteiger charge is 2.38. The van der Waals surface area contributed by atoms with Gasteiger partial charge < -0.3 is 40.6 Å². The minimum Gasteiger partial charge on any atom is -0.481 e. The van der Waals surface area contributed by atoms with Crippen LogP contribution in [0.15, 0.2) is 158 Å². The quantitative estimate of drug-likeness (QED) is 0.0295. The molecule has 14 nitrogen and oxygen atoms in total. The van der Waals surface area contributed by atoms with Crippen LogP contribution in [0.1, 0.15) is 146 Å². The van der Waals surface area contributed by atoms with Crippen molar-refractivity contribution >= 4 is 35.6 Å². The Labute approximate surface area is 523 Å². The predicted molar refractivity (Wildman–Crippen MR) is 350 cm³/mol. The van der Waals surface area contributed by atoms with Crippen LogP contribution in [0.2, 0.25) is 0 Å². The lowest BCUT2D eigenvalue weighted by atomic mass is 9.85. The van der Waals surface area contributed by atoms with E-state index in [1.807, 2.05) is 159 Å². The molecule has 0 aromatic heterocycles. The minimum absolute atomic E-state index is 0.0656. The number of carbonyl (C=O) groups excluding carboxylic acids is 5. The number of nitrogens with one attached hydrogen (secondary N) is 4. The van der Waals surface area contributed by atoms with E-state index >= 15 is 0 Å². The highest BCUT2D eigenvalue weighted by Crippen LogP contribution is 2.30. The van der Waals surface area contributed by atoms with Crippen molar-refractivity contribution < 1.29 is 48.1 Å². The second kappa shape index (κ2) is 34.0. The molecule has 5 N–H and O–H groups in total. The van der Waals surface area contributed by atoms with E-state index in [0.29, 0.717) is 25.7 Å². The van der Waals surface area contributed by atoms with Gasteiger partial charge >= 0.3 is 11.9 Å². The Morgan fingerprint density at radius 1 is 0.455 bits per heavy atom. The molecule has 4 amide bonds. The molecule has 0 fully saturated rings. The number of ether oxygens (including phenoxy) is 3. The summed E-state index contributed by atoms with van der Waals surface area (Å²) < 4.78 is 16.3. The molecule has 0 aliphatic carbocycles. The lowest BCUT2D eigenvalue weighted by molar-refractivity contribution is -0.157. The Morgan fingerprint density at radius 3 is 1.12 bits per heavy atom. The van der Waals surface area contributed by atoms with Gasteiger partial charge in [-0.1, -0.05) is 199 Å². The maximum Gasteiger partial charge on any atom is 0.307 e. The summed E-state index contributed by atoms with van der Waals surface area (Å²) in [5.74, 6) is -4.29.